The first-order chi connectivity index (χ1) is 10.7. The molecule has 0 atom stereocenters. The van der Waals surface area contributed by atoms with E-state index in [4.69, 9.17) is 0 Å². The highest BCUT2D eigenvalue weighted by atomic mass is 32.4. The van der Waals surface area contributed by atoms with E-state index in [9.17, 15) is 0 Å². The van der Waals surface area contributed by atoms with Gasteiger partial charge in [-0.1, -0.05) is 24.8 Å². The van der Waals surface area contributed by atoms with Gasteiger partial charge in [-0.2, -0.15) is 10.0 Å². The van der Waals surface area contributed by atoms with Crippen molar-refractivity contribution in [1.29, 1.82) is 0 Å². The Kier molecular flexibility index (Phi) is 7.41. The van der Waals surface area contributed by atoms with Gasteiger partial charge in [-0.05, 0) is 78.9 Å². The summed E-state index contributed by atoms with van der Waals surface area (Å²) in [6, 6.07) is 9.40. The van der Waals surface area contributed by atoms with Crippen molar-refractivity contribution in [3.63, 3.8) is 0 Å². The molecule has 0 aliphatic carbocycles. The van der Waals surface area contributed by atoms with Crippen LogP contribution in [0.2, 0.25) is 0 Å². The lowest BCUT2D eigenvalue weighted by Crippen LogP contribution is -2.22. The molecule has 0 unspecified atom stereocenters. The molecule has 0 N–H and O–H groups in total. The van der Waals surface area contributed by atoms with Crippen LogP contribution in [0.25, 0.3) is 6.08 Å². The van der Waals surface area contributed by atoms with Crippen molar-refractivity contribution in [2.75, 3.05) is 71.6 Å². The van der Waals surface area contributed by atoms with Crippen LogP contribution in [0.1, 0.15) is 5.56 Å². The number of rotatable bonds is 8. The average Bonchev–Trinajstić information content (AvgIpc) is 2.32. The van der Waals surface area contributed by atoms with Crippen LogP contribution in [0.4, 0.5) is 0 Å². The van der Waals surface area contributed by atoms with Crippen LogP contribution in [0.5, 0.6) is 0 Å². The van der Waals surface area contributed by atoms with Crippen molar-refractivity contribution >= 4 is 46.2 Å². The Balaban J connectivity index is 3.49. The molecule has 0 aliphatic heterocycles. The van der Waals surface area contributed by atoms with Gasteiger partial charge in [-0.3, -0.25) is 0 Å². The van der Waals surface area contributed by atoms with Gasteiger partial charge in [0.15, 0.2) is 0 Å². The largest absolute Gasteiger partial charge is 0.242 e. The Hall–Kier alpha value is 0.360. The molecule has 0 aromatic heterocycles. The maximum atomic E-state index is 3.92. The predicted octanol–water partition coefficient (Wildman–Crippen LogP) is 6.45. The molecule has 1 rings (SSSR count). The van der Waals surface area contributed by atoms with Crippen molar-refractivity contribution in [3.8, 4) is 0 Å². The molecule has 0 saturated heterocycles. The fourth-order valence-electron chi connectivity index (χ4n) is 3.23. The first-order valence-electron chi connectivity index (χ1n) is 8.13. The molecule has 0 fully saturated rings. The SMILES string of the molecule is C=Cc1ccc(S(CS(C)(C)C)(CS(C)(C)C)CS(C)(C)C)cc1. The molecule has 0 aliphatic rings. The van der Waals surface area contributed by atoms with Crippen molar-refractivity contribution in [2.24, 2.45) is 0 Å². The van der Waals surface area contributed by atoms with E-state index in [2.05, 4.69) is 87.1 Å². The smallest absolute Gasteiger partial charge is 0.0123 e. The molecule has 0 bridgehead atoms. The van der Waals surface area contributed by atoms with Gasteiger partial charge >= 0.3 is 0 Å². The summed E-state index contributed by atoms with van der Waals surface area (Å²) in [7, 11) is -2.44. The zero-order valence-electron chi connectivity index (χ0n) is 17.3. The molecule has 1 aromatic carbocycles. The lowest BCUT2D eigenvalue weighted by Gasteiger charge is -2.54. The maximum absolute atomic E-state index is 3.92. The fourth-order valence-corrected chi connectivity index (χ4v) is 24.5. The van der Waals surface area contributed by atoms with Crippen LogP contribution in [-0.2, 0) is 0 Å². The minimum Gasteiger partial charge on any atom is -0.242 e. The van der Waals surface area contributed by atoms with Crippen LogP contribution in [0, 0.1) is 0 Å². The normalized spacial score (nSPS) is 16.5. The molecule has 0 nitrogen and oxygen atoms in total. The fraction of sp³-hybridized carbons (Fsp3) is 0.600. The molecule has 0 amide bonds. The van der Waals surface area contributed by atoms with Crippen molar-refractivity contribution in [2.45, 2.75) is 4.90 Å². The predicted molar refractivity (Wildman–Crippen MR) is 133 cm³/mol. The Bertz CT molecular complexity index is 498. The molecule has 0 radical (unpaired) electrons. The highest BCUT2D eigenvalue weighted by Gasteiger charge is 2.35. The van der Waals surface area contributed by atoms with E-state index in [0.29, 0.717) is 0 Å². The minimum atomic E-state index is -0.796. The molecule has 0 spiro atoms. The van der Waals surface area contributed by atoms with Gasteiger partial charge in [0, 0.05) is 15.3 Å². The molecule has 4 heteroatoms. The highest BCUT2D eigenvalue weighted by molar-refractivity contribution is 8.58. The molecule has 1 aromatic rings. The molecule has 0 saturated carbocycles. The summed E-state index contributed by atoms with van der Waals surface area (Å²) >= 11 is 0. The second-order valence-electron chi connectivity index (χ2n) is 9.44. The van der Waals surface area contributed by atoms with E-state index in [1.807, 2.05) is 6.08 Å². The zero-order valence-corrected chi connectivity index (χ0v) is 20.6. The maximum Gasteiger partial charge on any atom is 0.0123 e. The van der Waals surface area contributed by atoms with Gasteiger partial charge < -0.3 is 0 Å². The first-order valence-corrected chi connectivity index (χ1v) is 19.3. The van der Waals surface area contributed by atoms with Crippen LogP contribution in [-0.4, -0.2) is 71.6 Å². The summed E-state index contributed by atoms with van der Waals surface area (Å²) in [5.74, 6) is 0. The summed E-state index contributed by atoms with van der Waals surface area (Å²) in [5.41, 5.74) is 1.24. The summed E-state index contributed by atoms with van der Waals surface area (Å²) in [6.45, 7) is 3.92. The van der Waals surface area contributed by atoms with E-state index >= 15 is 0 Å². The Labute approximate surface area is 158 Å². The zero-order chi connectivity index (χ0) is 18.8. The second-order valence-corrected chi connectivity index (χ2v) is 27.4. The van der Waals surface area contributed by atoms with Gasteiger partial charge in [0.25, 0.3) is 0 Å². The van der Waals surface area contributed by atoms with Gasteiger partial charge in [0.1, 0.15) is 0 Å². The monoisotopic (exact) mass is 408 g/mol. The third kappa shape index (κ3) is 7.72. The minimum absolute atomic E-state index is 0.547. The van der Waals surface area contributed by atoms with Crippen LogP contribution >= 0.6 is 40.1 Å². The van der Waals surface area contributed by atoms with Gasteiger partial charge in [-0.15, -0.1) is 0 Å². The quantitative estimate of drug-likeness (QED) is 0.464. The molecular weight excluding hydrogens is 368 g/mol. The van der Waals surface area contributed by atoms with E-state index in [1.165, 1.54) is 20.8 Å². The van der Waals surface area contributed by atoms with Crippen LogP contribution < -0.4 is 0 Å². The van der Waals surface area contributed by atoms with Crippen LogP contribution in [0.3, 0.4) is 0 Å². The van der Waals surface area contributed by atoms with E-state index in [-0.39, 0.29) is 0 Å². The molecule has 144 valence electrons. The van der Waals surface area contributed by atoms with Gasteiger partial charge in [0.2, 0.25) is 0 Å². The lowest BCUT2D eigenvalue weighted by atomic mass is 10.2. The van der Waals surface area contributed by atoms with Gasteiger partial charge in [0.05, 0.1) is 0 Å². The van der Waals surface area contributed by atoms with Crippen LogP contribution in [0.15, 0.2) is 35.7 Å². The third-order valence-electron chi connectivity index (χ3n) is 3.35. The van der Waals surface area contributed by atoms with Crippen molar-refractivity contribution < 1.29 is 0 Å². The van der Waals surface area contributed by atoms with Crippen molar-refractivity contribution in [3.05, 3.63) is 36.4 Å². The molecule has 0 heterocycles. The number of benzene rings is 1. The summed E-state index contributed by atoms with van der Waals surface area (Å²) in [6.07, 6.45) is 24.5. The van der Waals surface area contributed by atoms with E-state index in [0.717, 1.165) is 0 Å². The highest BCUT2D eigenvalue weighted by Crippen LogP contribution is 2.72. The topological polar surface area (TPSA) is 0 Å². The Morgan fingerprint density at radius 3 is 1.25 bits per heavy atom. The molecule has 24 heavy (non-hydrogen) atoms. The first kappa shape index (κ1) is 22.4. The third-order valence-corrected chi connectivity index (χ3v) is 18.5. The summed E-state index contributed by atoms with van der Waals surface area (Å²) < 4.78 is 0. The number of hydrogen-bond donors (Lipinski definition) is 0. The second kappa shape index (κ2) is 7.94. The summed E-state index contributed by atoms with van der Waals surface area (Å²) in [5, 5.41) is 4.26. The van der Waals surface area contributed by atoms with Crippen molar-refractivity contribution in [1.82, 2.24) is 0 Å². The van der Waals surface area contributed by atoms with Gasteiger partial charge in [-0.25, -0.2) is 30.1 Å². The van der Waals surface area contributed by atoms with E-state index in [1.54, 1.807) is 4.90 Å². The lowest BCUT2D eigenvalue weighted by molar-refractivity contribution is 1.41. The average molecular weight is 409 g/mol. The Morgan fingerprint density at radius 2 is 1.00 bits per heavy atom. The summed E-state index contributed by atoms with van der Waals surface area (Å²) in [4.78, 5) is 1.64. The number of hydrogen-bond acceptors (Lipinski definition) is 0. The Morgan fingerprint density at radius 1 is 0.667 bits per heavy atom. The van der Waals surface area contributed by atoms with E-state index < -0.39 is 40.1 Å². The standard InChI is InChI=1S/C20H40S4/c1-11-19-12-14-20(15-13-19)24(16-21(2,3)4,17-22(5,6)7)18-23(8,9)10/h11-15H,1,16-18H2,2-10H3. The molecular formula is C20H40S4.